The summed E-state index contributed by atoms with van der Waals surface area (Å²) in [7, 11) is -2.70. The topological polar surface area (TPSA) is 148 Å². The number of ether oxygens (including phenoxy) is 1. The molecule has 0 saturated carbocycles. The Morgan fingerprint density at radius 2 is 1.83 bits per heavy atom. The Bertz CT molecular complexity index is 1510. The Morgan fingerprint density at radius 1 is 1.08 bits per heavy atom. The Kier molecular flexibility index (Phi) is 6.85. The van der Waals surface area contributed by atoms with Crippen LogP contribution in [-0.4, -0.2) is 75.4 Å². The number of amides is 2. The number of aryl methyl sites for hydroxylation is 2. The number of carbonyl (C=O) groups is 2. The lowest BCUT2D eigenvalue weighted by Crippen LogP contribution is -2.55. The van der Waals surface area contributed by atoms with Gasteiger partial charge in [0, 0.05) is 20.1 Å². The summed E-state index contributed by atoms with van der Waals surface area (Å²) in [6.45, 7) is 6.02. The standard InChI is InChI=1S/C23H28N6O6S/c1-5-8-16-18-19(27(4)26-16)21(30)25-20(24-18)15-13-14(9-10-17(15)35-7-3)36(33,34)29-12-11-28(6-2)22(31)23(29)32/h9-10,13H,5-8,11-12H2,1-4H3,(H,24,25,30). The number of nitrogens with one attached hydrogen (secondary N) is 1. The molecule has 1 saturated heterocycles. The van der Waals surface area contributed by atoms with Crippen molar-refractivity contribution in [3.8, 4) is 17.1 Å². The summed E-state index contributed by atoms with van der Waals surface area (Å²) >= 11 is 0. The molecule has 12 nitrogen and oxygen atoms in total. The van der Waals surface area contributed by atoms with Crippen molar-refractivity contribution in [3.63, 3.8) is 0 Å². The molecule has 1 N–H and O–H groups in total. The average Bonchev–Trinajstić information content (AvgIpc) is 3.16. The van der Waals surface area contributed by atoms with Crippen LogP contribution in [0.1, 0.15) is 32.9 Å². The van der Waals surface area contributed by atoms with Crippen molar-refractivity contribution in [3.05, 3.63) is 34.2 Å². The van der Waals surface area contributed by atoms with Crippen LogP contribution in [0.15, 0.2) is 27.9 Å². The molecular formula is C23H28N6O6S. The van der Waals surface area contributed by atoms with Gasteiger partial charge in [0.25, 0.3) is 15.6 Å². The molecule has 0 unspecified atom stereocenters. The number of aromatic nitrogens is 4. The highest BCUT2D eigenvalue weighted by Gasteiger charge is 2.39. The lowest BCUT2D eigenvalue weighted by Gasteiger charge is -2.32. The molecule has 0 bridgehead atoms. The van der Waals surface area contributed by atoms with Gasteiger partial charge in [0.15, 0.2) is 5.52 Å². The van der Waals surface area contributed by atoms with Crippen molar-refractivity contribution < 1.29 is 22.7 Å². The van der Waals surface area contributed by atoms with E-state index in [0.717, 1.165) is 6.42 Å². The molecule has 3 aromatic rings. The van der Waals surface area contributed by atoms with Crippen LogP contribution in [0.4, 0.5) is 0 Å². The van der Waals surface area contributed by atoms with Gasteiger partial charge in [0.2, 0.25) is 0 Å². The van der Waals surface area contributed by atoms with Crippen molar-refractivity contribution in [2.24, 2.45) is 7.05 Å². The van der Waals surface area contributed by atoms with Crippen LogP contribution in [-0.2, 0) is 33.1 Å². The van der Waals surface area contributed by atoms with E-state index in [-0.39, 0.29) is 36.0 Å². The number of nitrogens with zero attached hydrogens (tertiary/aromatic N) is 5. The summed E-state index contributed by atoms with van der Waals surface area (Å²) in [6.07, 6.45) is 1.41. The number of carbonyl (C=O) groups excluding carboxylic acids is 2. The molecule has 1 aliphatic heterocycles. The molecule has 0 radical (unpaired) electrons. The molecule has 3 heterocycles. The van der Waals surface area contributed by atoms with Crippen molar-refractivity contribution in [1.29, 1.82) is 0 Å². The third kappa shape index (κ3) is 4.23. The van der Waals surface area contributed by atoms with Gasteiger partial charge in [-0.1, -0.05) is 13.3 Å². The van der Waals surface area contributed by atoms with E-state index in [9.17, 15) is 22.8 Å². The molecular weight excluding hydrogens is 488 g/mol. The zero-order chi connectivity index (χ0) is 26.2. The minimum atomic E-state index is -4.36. The minimum absolute atomic E-state index is 0.108. The van der Waals surface area contributed by atoms with Crippen LogP contribution >= 0.6 is 0 Å². The zero-order valence-corrected chi connectivity index (χ0v) is 21.4. The number of piperazine rings is 1. The van der Waals surface area contributed by atoms with Gasteiger partial charge in [-0.15, -0.1) is 0 Å². The fourth-order valence-electron chi connectivity index (χ4n) is 4.23. The number of benzene rings is 1. The van der Waals surface area contributed by atoms with Crippen molar-refractivity contribution in [2.75, 3.05) is 26.2 Å². The van der Waals surface area contributed by atoms with Crippen LogP contribution in [0.3, 0.4) is 0 Å². The summed E-state index contributed by atoms with van der Waals surface area (Å²) in [6, 6.07) is 4.04. The second-order valence-electron chi connectivity index (χ2n) is 8.29. The summed E-state index contributed by atoms with van der Waals surface area (Å²) in [5, 5.41) is 4.41. The fourth-order valence-corrected chi connectivity index (χ4v) is 5.61. The number of H-pyrrole nitrogens is 1. The predicted molar refractivity (Wildman–Crippen MR) is 131 cm³/mol. The molecule has 2 amide bonds. The second-order valence-corrected chi connectivity index (χ2v) is 10.2. The average molecular weight is 517 g/mol. The monoisotopic (exact) mass is 516 g/mol. The first-order chi connectivity index (χ1) is 17.1. The number of rotatable bonds is 8. The second kappa shape index (κ2) is 9.72. The van der Waals surface area contributed by atoms with Gasteiger partial charge in [-0.3, -0.25) is 19.1 Å². The normalized spacial score (nSPS) is 14.7. The number of fused-ring (bicyclic) bond motifs is 1. The number of sulfonamides is 1. The molecule has 0 atom stereocenters. The van der Waals surface area contributed by atoms with E-state index in [0.29, 0.717) is 39.7 Å². The first-order valence-corrected chi connectivity index (χ1v) is 13.2. The first-order valence-electron chi connectivity index (χ1n) is 11.7. The maximum Gasteiger partial charge on any atom is 0.325 e. The molecule has 1 aliphatic rings. The molecule has 2 aromatic heterocycles. The molecule has 0 aliphatic carbocycles. The van der Waals surface area contributed by atoms with Crippen molar-refractivity contribution in [1.82, 2.24) is 29.0 Å². The third-order valence-electron chi connectivity index (χ3n) is 5.99. The van der Waals surface area contributed by atoms with Crippen LogP contribution in [0.5, 0.6) is 5.75 Å². The summed E-state index contributed by atoms with van der Waals surface area (Å²) < 4.78 is 34.5. The highest BCUT2D eigenvalue weighted by atomic mass is 32.2. The molecule has 192 valence electrons. The Balaban J connectivity index is 1.85. The van der Waals surface area contributed by atoms with Crippen LogP contribution in [0.25, 0.3) is 22.4 Å². The van der Waals surface area contributed by atoms with Gasteiger partial charge in [-0.2, -0.15) is 5.10 Å². The van der Waals surface area contributed by atoms with E-state index in [1.807, 2.05) is 6.92 Å². The Morgan fingerprint density at radius 3 is 2.50 bits per heavy atom. The summed E-state index contributed by atoms with van der Waals surface area (Å²) in [5.41, 5.74) is 1.18. The molecule has 4 rings (SSSR count). The lowest BCUT2D eigenvalue weighted by molar-refractivity contribution is -0.152. The number of hydrogen-bond donors (Lipinski definition) is 1. The number of aromatic amines is 1. The predicted octanol–water partition coefficient (Wildman–Crippen LogP) is 1.05. The summed E-state index contributed by atoms with van der Waals surface area (Å²) in [5.74, 6) is -1.56. The van der Waals surface area contributed by atoms with Gasteiger partial charge in [0.1, 0.15) is 17.1 Å². The quantitative estimate of drug-likeness (QED) is 0.437. The molecule has 0 spiro atoms. The van der Waals surface area contributed by atoms with Crippen LogP contribution in [0, 0.1) is 0 Å². The molecule has 1 aromatic carbocycles. The molecule has 1 fully saturated rings. The first kappa shape index (κ1) is 25.4. The molecule has 36 heavy (non-hydrogen) atoms. The molecule has 13 heteroatoms. The zero-order valence-electron chi connectivity index (χ0n) is 20.6. The van der Waals surface area contributed by atoms with Gasteiger partial charge >= 0.3 is 11.8 Å². The number of likely N-dealkylation sites (N-methyl/N-ethyl adjacent to an activating group) is 1. The van der Waals surface area contributed by atoms with Gasteiger partial charge in [0.05, 0.1) is 29.3 Å². The fraction of sp³-hybridized carbons (Fsp3) is 0.435. The van der Waals surface area contributed by atoms with E-state index in [1.54, 1.807) is 20.9 Å². The lowest BCUT2D eigenvalue weighted by atomic mass is 10.1. The Hall–Kier alpha value is -3.74. The largest absolute Gasteiger partial charge is 0.493 e. The van der Waals surface area contributed by atoms with E-state index >= 15 is 0 Å². The van der Waals surface area contributed by atoms with E-state index in [2.05, 4.69) is 15.1 Å². The van der Waals surface area contributed by atoms with E-state index in [1.165, 1.54) is 27.8 Å². The summed E-state index contributed by atoms with van der Waals surface area (Å²) in [4.78, 5) is 46.2. The SMILES string of the molecule is CCCc1nn(C)c2c(=O)[nH]c(-c3cc(S(=O)(=O)N4CCN(CC)C(=O)C4=O)ccc3OCC)nc12. The van der Waals surface area contributed by atoms with Crippen LogP contribution in [0.2, 0.25) is 0 Å². The third-order valence-corrected chi connectivity index (χ3v) is 7.77. The van der Waals surface area contributed by atoms with Gasteiger partial charge in [-0.05, 0) is 38.5 Å². The number of hydrogen-bond acceptors (Lipinski definition) is 8. The Labute approximate surface area is 207 Å². The smallest absolute Gasteiger partial charge is 0.325 e. The van der Waals surface area contributed by atoms with Gasteiger partial charge in [-0.25, -0.2) is 17.7 Å². The highest BCUT2D eigenvalue weighted by molar-refractivity contribution is 7.89. The van der Waals surface area contributed by atoms with Gasteiger partial charge < -0.3 is 14.6 Å². The van der Waals surface area contributed by atoms with Crippen molar-refractivity contribution in [2.45, 2.75) is 38.5 Å². The minimum Gasteiger partial charge on any atom is -0.493 e. The van der Waals surface area contributed by atoms with Crippen molar-refractivity contribution >= 4 is 32.9 Å². The maximum atomic E-state index is 13.4. The van der Waals surface area contributed by atoms with E-state index in [4.69, 9.17) is 4.74 Å². The van der Waals surface area contributed by atoms with Crippen LogP contribution < -0.4 is 10.3 Å². The van der Waals surface area contributed by atoms with E-state index < -0.39 is 27.4 Å². The maximum absolute atomic E-state index is 13.4. The highest BCUT2D eigenvalue weighted by Crippen LogP contribution is 2.32.